The highest BCUT2D eigenvalue weighted by molar-refractivity contribution is 5.94. The molecule has 4 rings (SSSR count). The topological polar surface area (TPSA) is 71.8 Å². The number of amides is 1. The molecule has 7 heteroatoms. The standard InChI is InChI=1S/C22H20FN5O/c1-13-14(2)28(19-10-4-16(23)5-11-19)22-20(13)21(24-12-25-22)27-18-8-6-17(7-9-18)26-15(3)29/h4-12H,1-3H3,(H,26,29)(H,24,25,27). The van der Waals surface area contributed by atoms with Gasteiger partial charge in [-0.1, -0.05) is 0 Å². The summed E-state index contributed by atoms with van der Waals surface area (Å²) < 4.78 is 15.4. The van der Waals surface area contributed by atoms with Crippen LogP contribution in [0.25, 0.3) is 16.7 Å². The van der Waals surface area contributed by atoms with E-state index < -0.39 is 0 Å². The van der Waals surface area contributed by atoms with Crippen LogP contribution in [0.15, 0.2) is 54.9 Å². The predicted molar refractivity (Wildman–Crippen MR) is 112 cm³/mol. The highest BCUT2D eigenvalue weighted by Crippen LogP contribution is 2.32. The van der Waals surface area contributed by atoms with Crippen molar-refractivity contribution in [3.63, 3.8) is 0 Å². The van der Waals surface area contributed by atoms with Gasteiger partial charge in [0.05, 0.1) is 5.39 Å². The second-order valence-corrected chi connectivity index (χ2v) is 6.83. The van der Waals surface area contributed by atoms with E-state index >= 15 is 0 Å². The lowest BCUT2D eigenvalue weighted by Gasteiger charge is -2.10. The van der Waals surface area contributed by atoms with Crippen LogP contribution in [0, 0.1) is 19.7 Å². The summed E-state index contributed by atoms with van der Waals surface area (Å²) in [4.78, 5) is 20.1. The summed E-state index contributed by atoms with van der Waals surface area (Å²) in [6, 6.07) is 13.7. The number of nitrogens with one attached hydrogen (secondary N) is 2. The first-order chi connectivity index (χ1) is 13.9. The number of hydrogen-bond acceptors (Lipinski definition) is 4. The van der Waals surface area contributed by atoms with E-state index in [9.17, 15) is 9.18 Å². The molecule has 2 aromatic heterocycles. The zero-order valence-electron chi connectivity index (χ0n) is 16.3. The summed E-state index contributed by atoms with van der Waals surface area (Å²) in [6.45, 7) is 5.50. The van der Waals surface area contributed by atoms with Gasteiger partial charge in [0.25, 0.3) is 0 Å². The molecule has 0 aliphatic carbocycles. The fraction of sp³-hybridized carbons (Fsp3) is 0.136. The number of rotatable bonds is 4. The highest BCUT2D eigenvalue weighted by atomic mass is 19.1. The predicted octanol–water partition coefficient (Wildman–Crippen LogP) is 4.88. The van der Waals surface area contributed by atoms with Gasteiger partial charge >= 0.3 is 0 Å². The Morgan fingerprint density at radius 1 is 0.966 bits per heavy atom. The summed E-state index contributed by atoms with van der Waals surface area (Å²) in [5.41, 5.74) is 5.21. The van der Waals surface area contributed by atoms with Crippen LogP contribution in [0.2, 0.25) is 0 Å². The lowest BCUT2D eigenvalue weighted by Crippen LogP contribution is -2.05. The van der Waals surface area contributed by atoms with Gasteiger partial charge < -0.3 is 10.6 Å². The Bertz CT molecular complexity index is 1200. The van der Waals surface area contributed by atoms with E-state index in [-0.39, 0.29) is 11.7 Å². The maximum absolute atomic E-state index is 13.4. The van der Waals surface area contributed by atoms with E-state index in [1.165, 1.54) is 25.4 Å². The van der Waals surface area contributed by atoms with Crippen LogP contribution in [0.1, 0.15) is 18.2 Å². The summed E-state index contributed by atoms with van der Waals surface area (Å²) in [7, 11) is 0. The van der Waals surface area contributed by atoms with Gasteiger partial charge in [0.15, 0.2) is 5.65 Å². The monoisotopic (exact) mass is 389 g/mol. The molecule has 0 aliphatic rings. The smallest absolute Gasteiger partial charge is 0.221 e. The molecule has 0 aliphatic heterocycles. The molecule has 0 unspecified atom stereocenters. The third kappa shape index (κ3) is 3.54. The second-order valence-electron chi connectivity index (χ2n) is 6.83. The number of aryl methyl sites for hydroxylation is 1. The van der Waals surface area contributed by atoms with Crippen molar-refractivity contribution in [1.82, 2.24) is 14.5 Å². The van der Waals surface area contributed by atoms with Gasteiger partial charge in [-0.15, -0.1) is 0 Å². The largest absolute Gasteiger partial charge is 0.340 e. The number of carbonyl (C=O) groups excluding carboxylic acids is 1. The molecular weight excluding hydrogens is 369 g/mol. The number of nitrogens with zero attached hydrogens (tertiary/aromatic N) is 3. The zero-order valence-corrected chi connectivity index (χ0v) is 16.3. The van der Waals surface area contributed by atoms with Crippen LogP contribution in [-0.2, 0) is 4.79 Å². The fourth-order valence-corrected chi connectivity index (χ4v) is 3.38. The van der Waals surface area contributed by atoms with Crippen molar-refractivity contribution < 1.29 is 9.18 Å². The van der Waals surface area contributed by atoms with Crippen molar-refractivity contribution >= 4 is 34.1 Å². The van der Waals surface area contributed by atoms with Crippen LogP contribution < -0.4 is 10.6 Å². The Morgan fingerprint density at radius 2 is 1.62 bits per heavy atom. The van der Waals surface area contributed by atoms with Gasteiger partial charge in [-0.25, -0.2) is 14.4 Å². The molecular formula is C22H20FN5O. The molecule has 6 nitrogen and oxygen atoms in total. The molecule has 0 saturated carbocycles. The molecule has 0 radical (unpaired) electrons. The minimum Gasteiger partial charge on any atom is -0.340 e. The number of halogens is 1. The lowest BCUT2D eigenvalue weighted by molar-refractivity contribution is -0.114. The van der Waals surface area contributed by atoms with E-state index in [0.29, 0.717) is 5.82 Å². The number of fused-ring (bicyclic) bond motifs is 1. The van der Waals surface area contributed by atoms with Crippen molar-refractivity contribution in [3.05, 3.63) is 71.9 Å². The summed E-state index contributed by atoms with van der Waals surface area (Å²) in [5, 5.41) is 6.98. The molecule has 0 saturated heterocycles. The van der Waals surface area contributed by atoms with E-state index in [2.05, 4.69) is 20.6 Å². The summed E-state index contributed by atoms with van der Waals surface area (Å²) in [5.74, 6) is 0.291. The van der Waals surface area contributed by atoms with Crippen LogP contribution in [0.4, 0.5) is 21.6 Å². The Labute approximate surface area is 167 Å². The first kappa shape index (κ1) is 18.6. The second kappa shape index (κ2) is 7.35. The normalized spacial score (nSPS) is 10.9. The Kier molecular flexibility index (Phi) is 4.72. The highest BCUT2D eigenvalue weighted by Gasteiger charge is 2.17. The van der Waals surface area contributed by atoms with Crippen molar-refractivity contribution in [2.24, 2.45) is 0 Å². The maximum Gasteiger partial charge on any atom is 0.221 e. The molecule has 2 aromatic carbocycles. The first-order valence-electron chi connectivity index (χ1n) is 9.17. The molecule has 146 valence electrons. The average Bonchev–Trinajstić information content (AvgIpc) is 2.95. The van der Waals surface area contributed by atoms with Gasteiger partial charge in [-0.05, 0) is 67.9 Å². The molecule has 0 bridgehead atoms. The van der Waals surface area contributed by atoms with E-state index in [0.717, 1.165) is 39.4 Å². The van der Waals surface area contributed by atoms with Crippen molar-refractivity contribution in [2.75, 3.05) is 10.6 Å². The van der Waals surface area contributed by atoms with Crippen LogP contribution in [0.5, 0.6) is 0 Å². The number of benzene rings is 2. The molecule has 0 fully saturated rings. The SMILES string of the molecule is CC(=O)Nc1ccc(Nc2ncnc3c2c(C)c(C)n3-c2ccc(F)cc2)cc1. The van der Waals surface area contributed by atoms with Gasteiger partial charge in [0.2, 0.25) is 5.91 Å². The summed E-state index contributed by atoms with van der Waals surface area (Å²) in [6.07, 6.45) is 1.51. The Morgan fingerprint density at radius 3 is 2.28 bits per heavy atom. The minimum absolute atomic E-state index is 0.114. The molecule has 2 heterocycles. The fourth-order valence-electron chi connectivity index (χ4n) is 3.38. The number of aromatic nitrogens is 3. The van der Waals surface area contributed by atoms with Crippen molar-refractivity contribution in [2.45, 2.75) is 20.8 Å². The number of hydrogen-bond donors (Lipinski definition) is 2. The first-order valence-corrected chi connectivity index (χ1v) is 9.17. The van der Waals surface area contributed by atoms with Crippen LogP contribution in [-0.4, -0.2) is 20.4 Å². The van der Waals surface area contributed by atoms with E-state index in [1.54, 1.807) is 12.1 Å². The van der Waals surface area contributed by atoms with Gasteiger partial charge in [0, 0.05) is 29.7 Å². The van der Waals surface area contributed by atoms with E-state index in [1.807, 2.05) is 42.7 Å². The van der Waals surface area contributed by atoms with Crippen molar-refractivity contribution in [1.29, 1.82) is 0 Å². The van der Waals surface area contributed by atoms with Gasteiger partial charge in [0.1, 0.15) is 18.0 Å². The molecule has 4 aromatic rings. The van der Waals surface area contributed by atoms with Crippen LogP contribution in [0.3, 0.4) is 0 Å². The molecule has 29 heavy (non-hydrogen) atoms. The third-order valence-corrected chi connectivity index (χ3v) is 4.85. The molecule has 2 N–H and O–H groups in total. The van der Waals surface area contributed by atoms with E-state index in [4.69, 9.17) is 0 Å². The number of carbonyl (C=O) groups is 1. The summed E-state index contributed by atoms with van der Waals surface area (Å²) >= 11 is 0. The number of anilines is 3. The minimum atomic E-state index is -0.278. The zero-order chi connectivity index (χ0) is 20.5. The third-order valence-electron chi connectivity index (χ3n) is 4.85. The molecule has 0 spiro atoms. The van der Waals surface area contributed by atoms with Crippen LogP contribution >= 0.6 is 0 Å². The Hall–Kier alpha value is -3.74. The molecule has 0 atom stereocenters. The van der Waals surface area contributed by atoms with Gasteiger partial charge in [-0.2, -0.15) is 0 Å². The Balaban J connectivity index is 1.76. The lowest BCUT2D eigenvalue weighted by atomic mass is 10.2. The average molecular weight is 389 g/mol. The molecule has 1 amide bonds. The maximum atomic E-state index is 13.4. The van der Waals surface area contributed by atoms with Crippen molar-refractivity contribution in [3.8, 4) is 5.69 Å². The van der Waals surface area contributed by atoms with Gasteiger partial charge in [-0.3, -0.25) is 9.36 Å². The quantitative estimate of drug-likeness (QED) is 0.522.